The number of aliphatic carboxylic acids is 1. The number of ether oxygens (including phenoxy) is 6. The van der Waals surface area contributed by atoms with Crippen molar-refractivity contribution in [3.8, 4) is 35.1 Å². The lowest BCUT2D eigenvalue weighted by atomic mass is 9.89. The highest BCUT2D eigenvalue weighted by Gasteiger charge is 2.31. The zero-order chi connectivity index (χ0) is 80.2. The van der Waals surface area contributed by atoms with Gasteiger partial charge in [0, 0.05) is 36.0 Å². The number of carbonyl (C=O) groups is 4. The molecule has 606 valence electrons. The number of carboxylic acid groups (broad SMARTS) is 1. The van der Waals surface area contributed by atoms with Gasteiger partial charge in [0.15, 0.2) is 0 Å². The number of rotatable bonds is 20. The number of carbonyl (C=O) groups excluding carboxylic acids is 3. The summed E-state index contributed by atoms with van der Waals surface area (Å²) in [7, 11) is 0. The minimum atomic E-state index is -0.676. The number of nitrogens with zero attached hydrogens (tertiary/aromatic N) is 5. The third kappa shape index (κ3) is 23.4. The molecule has 4 saturated carbocycles. The molecule has 4 aliphatic carbocycles. The van der Waals surface area contributed by atoms with Crippen LogP contribution in [-0.4, -0.2) is 121 Å². The van der Waals surface area contributed by atoms with Crippen molar-refractivity contribution in [3.63, 3.8) is 0 Å². The van der Waals surface area contributed by atoms with E-state index < -0.39 is 5.97 Å². The van der Waals surface area contributed by atoms with E-state index in [0.29, 0.717) is 66.5 Å². The molecule has 3 saturated heterocycles. The summed E-state index contributed by atoms with van der Waals surface area (Å²) in [5.74, 6) is 5.78. The summed E-state index contributed by atoms with van der Waals surface area (Å²) < 4.78 is 37.8. The third-order valence-corrected chi connectivity index (χ3v) is 27.2. The molecular weight excluding hydrogens is 1650 g/mol. The molecule has 15 rings (SSSR count). The van der Waals surface area contributed by atoms with Crippen LogP contribution in [0.15, 0.2) is 121 Å². The van der Waals surface area contributed by atoms with Crippen molar-refractivity contribution in [2.24, 2.45) is 41.4 Å². The number of likely N-dealkylation sites (tertiary alicyclic amines) is 3. The number of hydrogen-bond donors (Lipinski definition) is 1. The van der Waals surface area contributed by atoms with Crippen molar-refractivity contribution < 1.29 is 52.7 Å². The summed E-state index contributed by atoms with van der Waals surface area (Å²) in [6.45, 7) is 21.8. The predicted octanol–water partition coefficient (Wildman–Crippen LogP) is 21.8. The molecule has 0 amide bonds. The molecule has 8 aromatic carbocycles. The molecule has 0 spiro atoms. The summed E-state index contributed by atoms with van der Waals surface area (Å²) in [5, 5.41) is 37.6. The van der Waals surface area contributed by atoms with Crippen LogP contribution in [0, 0.1) is 71.2 Å². The van der Waals surface area contributed by atoms with Crippen LogP contribution in [0.4, 0.5) is 0 Å². The Morgan fingerprint density at radius 2 is 0.684 bits per heavy atom. The normalized spacial score (nSPS) is 22.8. The first-order chi connectivity index (χ1) is 55.3. The van der Waals surface area contributed by atoms with Crippen LogP contribution in [0.3, 0.4) is 0 Å². The number of piperidine rings is 3. The molecular formula is C96H117I2N5O11. The highest BCUT2D eigenvalue weighted by atomic mass is 127. The molecule has 3 heterocycles. The Kier molecular flexibility index (Phi) is 31.6. The van der Waals surface area contributed by atoms with Gasteiger partial charge in [-0.1, -0.05) is 100 Å². The van der Waals surface area contributed by atoms with Crippen molar-refractivity contribution in [2.75, 3.05) is 52.5 Å². The predicted molar refractivity (Wildman–Crippen MR) is 469 cm³/mol. The number of halogens is 2. The van der Waals surface area contributed by atoms with E-state index in [1.165, 1.54) is 95.2 Å². The van der Waals surface area contributed by atoms with E-state index in [1.54, 1.807) is 0 Å². The van der Waals surface area contributed by atoms with Gasteiger partial charge in [-0.3, -0.25) is 33.9 Å². The van der Waals surface area contributed by atoms with Crippen LogP contribution in [0.2, 0.25) is 0 Å². The maximum atomic E-state index is 12.0. The number of hydrogen-bond acceptors (Lipinski definition) is 15. The van der Waals surface area contributed by atoms with Gasteiger partial charge in [0.2, 0.25) is 0 Å². The third-order valence-electron chi connectivity index (χ3n) is 25.0. The van der Waals surface area contributed by atoms with E-state index in [9.17, 15) is 29.7 Å². The zero-order valence-electron chi connectivity index (χ0n) is 67.8. The standard InChI is InChI=1S/C27H34N2O3.C26H34INO3.C25H30N2O3.C18H19IO2/c1-3-31-27(30)21-12-14-29(15-13-21)18-20-6-10-24-22(16-20)7-11-26(25(24)17-28)32-23-8-4-19(2)5-9-23;1-3-30-26(29)20-12-14-28(15-13-20)17-19-6-10-23-21(16-19)7-11-24(25(23)27)31-22-8-4-18(2)5-9-22;1-17-2-6-21(7-3-17)30-24-9-5-20-14-18(4-8-22(20)23(24)15-26)16-27-12-10-19(11-13-27)25(28)29;1-12-2-6-15(7-3-12)21-17-9-5-14-10-13(11-20)4-8-16(14)18(17)19/h6-7,10-11,16,19,21,23H,3-5,8-9,12-15,18H2,1-2H3;6-7,10-11,16,18,20,22H,3-5,8-9,12-15,17H2,1-2H3;4-5,8-9,14,17,19,21H,2-3,6-7,10-13,16H2,1H3,(H,28,29);4-5,8-12,15H,2-3,6-7H2,1H3. The minimum absolute atomic E-state index is 0.0248. The lowest BCUT2D eigenvalue weighted by Crippen LogP contribution is -2.36. The van der Waals surface area contributed by atoms with Gasteiger partial charge in [-0.15, -0.1) is 0 Å². The van der Waals surface area contributed by atoms with Gasteiger partial charge < -0.3 is 33.5 Å². The Bertz CT molecular complexity index is 4650. The van der Waals surface area contributed by atoms with Gasteiger partial charge in [0.25, 0.3) is 0 Å². The van der Waals surface area contributed by atoms with E-state index in [1.807, 2.05) is 62.4 Å². The number of aldehydes is 1. The zero-order valence-corrected chi connectivity index (χ0v) is 72.1. The first kappa shape index (κ1) is 85.8. The van der Waals surface area contributed by atoms with Crippen LogP contribution in [-0.2, 0) is 43.5 Å². The average Bonchev–Trinajstić information content (AvgIpc) is 0.796. The van der Waals surface area contributed by atoms with E-state index in [4.69, 9.17) is 33.5 Å². The van der Waals surface area contributed by atoms with Crippen LogP contribution in [0.5, 0.6) is 23.0 Å². The van der Waals surface area contributed by atoms with E-state index in [0.717, 1.165) is 200 Å². The molecule has 16 nitrogen and oxygen atoms in total. The highest BCUT2D eigenvalue weighted by Crippen LogP contribution is 2.40. The first-order valence-electron chi connectivity index (χ1n) is 42.5. The summed E-state index contributed by atoms with van der Waals surface area (Å²) in [6, 6.07) is 46.4. The molecule has 0 aromatic heterocycles. The monoisotopic (exact) mass is 1770 g/mol. The summed E-state index contributed by atoms with van der Waals surface area (Å²) in [4.78, 5) is 53.1. The summed E-state index contributed by atoms with van der Waals surface area (Å²) in [6.07, 6.45) is 25.7. The van der Waals surface area contributed by atoms with E-state index in [-0.39, 0.29) is 41.9 Å². The molecule has 0 atom stereocenters. The summed E-state index contributed by atoms with van der Waals surface area (Å²) in [5.41, 5.74) is 5.73. The SMILES string of the molecule is CC1CCC(Oc2ccc3cc(C=O)ccc3c2I)CC1.CC1CCC(Oc2ccc3cc(CN4CCC(C(=O)O)CC4)ccc3c2C#N)CC1.CCOC(=O)C1CCN(Cc2ccc3c(C#N)c(OC4CCC(C)CC4)ccc3c2)CC1.CCOC(=O)C1CCN(Cc2ccc3c(I)c(OC4CCC(C)CC4)ccc3c2)CC1. The van der Waals surface area contributed by atoms with Crippen molar-refractivity contribution in [3.05, 3.63) is 162 Å². The van der Waals surface area contributed by atoms with Gasteiger partial charge >= 0.3 is 17.9 Å². The van der Waals surface area contributed by atoms with E-state index in [2.05, 4.69) is 173 Å². The second kappa shape index (κ2) is 42.0. The highest BCUT2D eigenvalue weighted by molar-refractivity contribution is 14.1. The molecule has 114 heavy (non-hydrogen) atoms. The Morgan fingerprint density at radius 3 is 1.00 bits per heavy atom. The van der Waals surface area contributed by atoms with Gasteiger partial charge in [0.05, 0.1) is 62.5 Å². The number of fused-ring (bicyclic) bond motifs is 4. The number of benzene rings is 8. The Morgan fingerprint density at radius 1 is 0.395 bits per heavy atom. The minimum Gasteiger partial charge on any atom is -0.489 e. The number of carboxylic acids is 1. The second-order valence-corrected chi connectivity index (χ2v) is 35.8. The average molecular weight is 1770 g/mol. The number of nitriles is 2. The van der Waals surface area contributed by atoms with Crippen molar-refractivity contribution in [1.82, 2.24) is 14.7 Å². The largest absolute Gasteiger partial charge is 0.489 e. The molecule has 0 radical (unpaired) electrons. The molecule has 3 aliphatic heterocycles. The smallest absolute Gasteiger partial charge is 0.309 e. The molecule has 18 heteroatoms. The second-order valence-electron chi connectivity index (χ2n) is 33.6. The lowest BCUT2D eigenvalue weighted by Gasteiger charge is -2.30. The van der Waals surface area contributed by atoms with Gasteiger partial charge in [-0.2, -0.15) is 10.5 Å². The fraction of sp³-hybridized carbons (Fsp3) is 0.521. The van der Waals surface area contributed by atoms with Crippen LogP contribution in [0.1, 0.15) is 221 Å². The van der Waals surface area contributed by atoms with Crippen LogP contribution < -0.4 is 18.9 Å². The maximum absolute atomic E-state index is 12.0. The topological polar surface area (TPSA) is 201 Å². The fourth-order valence-corrected chi connectivity index (χ4v) is 19.3. The fourth-order valence-electron chi connectivity index (χ4n) is 17.7. The van der Waals surface area contributed by atoms with Gasteiger partial charge in [0.1, 0.15) is 52.5 Å². The lowest BCUT2D eigenvalue weighted by molar-refractivity contribution is -0.150. The molecule has 0 bridgehead atoms. The molecule has 7 fully saturated rings. The Hall–Kier alpha value is -7.60. The molecule has 0 unspecified atom stereocenters. The van der Waals surface area contributed by atoms with Crippen LogP contribution >= 0.6 is 45.2 Å². The molecule has 1 N–H and O–H groups in total. The summed E-state index contributed by atoms with van der Waals surface area (Å²) >= 11 is 4.79. The van der Waals surface area contributed by atoms with E-state index >= 15 is 0 Å². The van der Waals surface area contributed by atoms with Crippen LogP contribution in [0.25, 0.3) is 43.1 Å². The molecule has 7 aliphatic rings. The van der Waals surface area contributed by atoms with Crippen molar-refractivity contribution >= 4 is 112 Å². The van der Waals surface area contributed by atoms with Crippen molar-refractivity contribution in [1.29, 1.82) is 10.5 Å². The maximum Gasteiger partial charge on any atom is 0.309 e. The molecule has 8 aromatic rings. The van der Waals surface area contributed by atoms with Gasteiger partial charge in [-0.05, 0) is 361 Å². The first-order valence-corrected chi connectivity index (χ1v) is 44.7. The number of esters is 2. The Balaban J connectivity index is 0.000000142. The van der Waals surface area contributed by atoms with Gasteiger partial charge in [-0.25, -0.2) is 0 Å². The van der Waals surface area contributed by atoms with Crippen molar-refractivity contribution in [2.45, 2.75) is 227 Å². The quantitative estimate of drug-likeness (QED) is 0.0428. The Labute approximate surface area is 702 Å².